The van der Waals surface area contributed by atoms with Crippen molar-refractivity contribution < 1.29 is 5.11 Å². The molecule has 1 atom stereocenters. The van der Waals surface area contributed by atoms with E-state index in [1.165, 1.54) is 0 Å². The van der Waals surface area contributed by atoms with Crippen molar-refractivity contribution in [3.63, 3.8) is 0 Å². The van der Waals surface area contributed by atoms with Crippen LogP contribution in [0.15, 0.2) is 18.2 Å². The third kappa shape index (κ3) is 5.79. The summed E-state index contributed by atoms with van der Waals surface area (Å²) in [7, 11) is 0. The fourth-order valence-electron chi connectivity index (χ4n) is 1.63. The van der Waals surface area contributed by atoms with Crippen molar-refractivity contribution in [3.8, 4) is 0 Å². The van der Waals surface area contributed by atoms with Gasteiger partial charge in [-0.1, -0.05) is 19.9 Å². The molecule has 0 aliphatic heterocycles. The molecule has 0 amide bonds. The first-order valence-electron chi connectivity index (χ1n) is 6.76. The van der Waals surface area contributed by atoms with E-state index in [1.54, 1.807) is 0 Å². The number of hydrogen-bond donors (Lipinski definition) is 3. The number of pyridine rings is 1. The van der Waals surface area contributed by atoms with Crippen molar-refractivity contribution in [2.75, 3.05) is 13.1 Å². The number of hydrogen-bond acceptors (Lipinski definition) is 4. The molecule has 0 saturated carbocycles. The fraction of sp³-hybridized carbons (Fsp3) is 0.667. The van der Waals surface area contributed by atoms with Crippen LogP contribution >= 0.6 is 13.5 Å². The van der Waals surface area contributed by atoms with Crippen molar-refractivity contribution in [1.82, 2.24) is 10.3 Å². The molecule has 0 radical (unpaired) electrons. The molecule has 5 heteroatoms. The quantitative estimate of drug-likeness (QED) is 0.776. The number of aliphatic hydroxyl groups is 1. The van der Waals surface area contributed by atoms with Crippen molar-refractivity contribution in [3.05, 3.63) is 29.6 Å². The number of nitrogens with one attached hydrogen (secondary N) is 1. The zero-order valence-electron chi connectivity index (χ0n) is 13.2. The maximum atomic E-state index is 10.2. The molecule has 0 saturated heterocycles. The first-order chi connectivity index (χ1) is 8.65. The zero-order chi connectivity index (χ0) is 14.7. The van der Waals surface area contributed by atoms with E-state index >= 15 is 0 Å². The van der Waals surface area contributed by atoms with Crippen LogP contribution < -0.4 is 11.1 Å². The third-order valence-corrected chi connectivity index (χ3v) is 3.14. The highest BCUT2D eigenvalue weighted by Gasteiger charge is 2.22. The van der Waals surface area contributed by atoms with E-state index in [9.17, 15) is 5.11 Å². The lowest BCUT2D eigenvalue weighted by molar-refractivity contribution is 0.158. The summed E-state index contributed by atoms with van der Waals surface area (Å²) in [5, 5.41) is 13.5. The van der Waals surface area contributed by atoms with E-state index in [1.807, 2.05) is 18.2 Å². The van der Waals surface area contributed by atoms with E-state index in [2.05, 4.69) is 44.9 Å². The van der Waals surface area contributed by atoms with Crippen molar-refractivity contribution in [1.29, 1.82) is 0 Å². The molecule has 0 aromatic carbocycles. The second kappa shape index (κ2) is 7.41. The van der Waals surface area contributed by atoms with E-state index in [4.69, 9.17) is 5.73 Å². The summed E-state index contributed by atoms with van der Waals surface area (Å²) in [4.78, 5) is 4.55. The molecule has 0 aliphatic rings. The molecule has 0 bridgehead atoms. The van der Waals surface area contributed by atoms with Gasteiger partial charge in [-0.3, -0.25) is 4.98 Å². The van der Waals surface area contributed by atoms with Gasteiger partial charge in [0.25, 0.3) is 0 Å². The average molecular weight is 299 g/mol. The Kier molecular flexibility index (Phi) is 7.18. The SMILES string of the molecule is CC(C)(C)NC[C@H](O)c1cccc(C(C)(C)CN)n1.S. The molecule has 4 nitrogen and oxygen atoms in total. The first kappa shape index (κ1) is 19.4. The van der Waals surface area contributed by atoms with E-state index in [-0.39, 0.29) is 24.4 Å². The van der Waals surface area contributed by atoms with Gasteiger partial charge < -0.3 is 16.2 Å². The molecular weight excluding hydrogens is 270 g/mol. The molecule has 1 rings (SSSR count). The minimum atomic E-state index is -0.604. The second-order valence-corrected chi connectivity index (χ2v) is 6.68. The topological polar surface area (TPSA) is 71.2 Å². The van der Waals surface area contributed by atoms with E-state index in [0.29, 0.717) is 18.8 Å². The summed E-state index contributed by atoms with van der Waals surface area (Å²) in [6.07, 6.45) is -0.604. The highest BCUT2D eigenvalue weighted by Crippen LogP contribution is 2.21. The minimum absolute atomic E-state index is 0. The molecule has 0 fully saturated rings. The van der Waals surface area contributed by atoms with Crippen LogP contribution in [0.2, 0.25) is 0 Å². The molecule has 116 valence electrons. The van der Waals surface area contributed by atoms with Crippen molar-refractivity contribution in [2.24, 2.45) is 5.73 Å². The maximum Gasteiger partial charge on any atom is 0.108 e. The van der Waals surface area contributed by atoms with Gasteiger partial charge >= 0.3 is 0 Å². The predicted octanol–water partition coefficient (Wildman–Crippen LogP) is 1.85. The third-order valence-electron chi connectivity index (χ3n) is 3.14. The Labute approximate surface area is 129 Å². The summed E-state index contributed by atoms with van der Waals surface area (Å²) in [5.74, 6) is 0. The highest BCUT2D eigenvalue weighted by molar-refractivity contribution is 7.59. The Balaban J connectivity index is 0.00000361. The number of aromatic nitrogens is 1. The van der Waals surface area contributed by atoms with Gasteiger partial charge in [-0.05, 0) is 32.9 Å². The molecular formula is C15H29N3OS. The van der Waals surface area contributed by atoms with Gasteiger partial charge in [0.15, 0.2) is 0 Å². The molecule has 0 spiro atoms. The highest BCUT2D eigenvalue weighted by atomic mass is 32.1. The van der Waals surface area contributed by atoms with Crippen molar-refractivity contribution in [2.45, 2.75) is 51.7 Å². The summed E-state index contributed by atoms with van der Waals surface area (Å²) in [6, 6.07) is 5.74. The molecule has 1 aromatic heterocycles. The van der Waals surface area contributed by atoms with Gasteiger partial charge in [-0.15, -0.1) is 0 Å². The molecule has 4 N–H and O–H groups in total. The number of rotatable bonds is 5. The zero-order valence-corrected chi connectivity index (χ0v) is 14.2. The first-order valence-corrected chi connectivity index (χ1v) is 6.76. The lowest BCUT2D eigenvalue weighted by Crippen LogP contribution is -2.38. The van der Waals surface area contributed by atoms with Crippen LogP contribution in [0.1, 0.15) is 52.1 Å². The number of nitrogens with zero attached hydrogens (tertiary/aromatic N) is 1. The van der Waals surface area contributed by atoms with Gasteiger partial charge in [0, 0.05) is 29.7 Å². The Bertz CT molecular complexity index is 416. The van der Waals surface area contributed by atoms with E-state index < -0.39 is 6.10 Å². The lowest BCUT2D eigenvalue weighted by atomic mass is 9.89. The number of nitrogens with two attached hydrogens (primary N) is 1. The Morgan fingerprint density at radius 3 is 2.35 bits per heavy atom. The standard InChI is InChI=1S/C15H27N3O.H2S/c1-14(2,3)17-9-12(19)11-7-6-8-13(18-11)15(4,5)10-16;/h6-8,12,17,19H,9-10,16H2,1-5H3;1H2/t12-;/m0./s1. The van der Waals surface area contributed by atoms with Gasteiger partial charge in [0.2, 0.25) is 0 Å². The number of β-amino-alcohol motifs (C(OH)–C–C–N with tert-alkyl or cyclic N) is 1. The average Bonchev–Trinajstić information content (AvgIpc) is 2.35. The smallest absolute Gasteiger partial charge is 0.108 e. The van der Waals surface area contributed by atoms with E-state index in [0.717, 1.165) is 5.69 Å². The summed E-state index contributed by atoms with van der Waals surface area (Å²) < 4.78 is 0. The second-order valence-electron chi connectivity index (χ2n) is 6.68. The van der Waals surface area contributed by atoms with Gasteiger partial charge in [0.05, 0.1) is 5.69 Å². The molecule has 0 unspecified atom stereocenters. The minimum Gasteiger partial charge on any atom is -0.385 e. The lowest BCUT2D eigenvalue weighted by Gasteiger charge is -2.25. The van der Waals surface area contributed by atoms with Crippen LogP contribution in [0.3, 0.4) is 0 Å². The van der Waals surface area contributed by atoms with Crippen LogP contribution in [0.5, 0.6) is 0 Å². The van der Waals surface area contributed by atoms with Gasteiger partial charge in [0.1, 0.15) is 6.10 Å². The largest absolute Gasteiger partial charge is 0.385 e. The summed E-state index contributed by atoms with van der Waals surface area (Å²) in [6.45, 7) is 11.3. The predicted molar refractivity (Wildman–Crippen MR) is 89.4 cm³/mol. The molecule has 0 aliphatic carbocycles. The monoisotopic (exact) mass is 299 g/mol. The summed E-state index contributed by atoms with van der Waals surface area (Å²) >= 11 is 0. The van der Waals surface area contributed by atoms with Gasteiger partial charge in [-0.25, -0.2) is 0 Å². The summed E-state index contributed by atoms with van der Waals surface area (Å²) in [5.41, 5.74) is 7.18. The molecule has 1 heterocycles. The van der Waals surface area contributed by atoms with Crippen LogP contribution in [-0.4, -0.2) is 28.7 Å². The number of aliphatic hydroxyl groups excluding tert-OH is 1. The maximum absolute atomic E-state index is 10.2. The normalized spacial score (nSPS) is 13.8. The molecule has 1 aromatic rings. The Morgan fingerprint density at radius 2 is 1.85 bits per heavy atom. The van der Waals surface area contributed by atoms with Crippen LogP contribution in [-0.2, 0) is 5.41 Å². The van der Waals surface area contributed by atoms with Crippen LogP contribution in [0.4, 0.5) is 0 Å². The molecule has 20 heavy (non-hydrogen) atoms. The van der Waals surface area contributed by atoms with Gasteiger partial charge in [-0.2, -0.15) is 13.5 Å². The fourth-order valence-corrected chi connectivity index (χ4v) is 1.63. The van der Waals surface area contributed by atoms with Crippen LogP contribution in [0, 0.1) is 0 Å². The van der Waals surface area contributed by atoms with Crippen molar-refractivity contribution >= 4 is 13.5 Å². The Morgan fingerprint density at radius 1 is 1.25 bits per heavy atom. The van der Waals surface area contributed by atoms with Crippen LogP contribution in [0.25, 0.3) is 0 Å². The Hall–Kier alpha value is -0.620.